The zero-order valence-electron chi connectivity index (χ0n) is 10.4. The van der Waals surface area contributed by atoms with E-state index in [4.69, 9.17) is 11.6 Å². The van der Waals surface area contributed by atoms with E-state index in [9.17, 15) is 13.2 Å². The number of hydrogen-bond donors (Lipinski definition) is 0. The van der Waals surface area contributed by atoms with Crippen LogP contribution in [0.5, 0.6) is 0 Å². The van der Waals surface area contributed by atoms with Gasteiger partial charge in [0.2, 0.25) is 0 Å². The molecule has 0 spiro atoms. The molecular weight excluding hydrogens is 277 g/mol. The van der Waals surface area contributed by atoms with Crippen molar-refractivity contribution < 1.29 is 13.2 Å². The lowest BCUT2D eigenvalue weighted by molar-refractivity contribution is -0.140. The average Bonchev–Trinajstić information content (AvgIpc) is 2.77. The predicted octanol–water partition coefficient (Wildman–Crippen LogP) is 4.67. The lowest BCUT2D eigenvalue weighted by Gasteiger charge is -2.13. The molecule has 0 aliphatic carbocycles. The summed E-state index contributed by atoms with van der Waals surface area (Å²) >= 11 is 5.92. The van der Waals surface area contributed by atoms with Gasteiger partial charge in [0, 0.05) is 11.2 Å². The second-order valence-electron chi connectivity index (χ2n) is 4.52. The molecule has 0 bridgehead atoms. The van der Waals surface area contributed by atoms with E-state index < -0.39 is 11.9 Å². The van der Waals surface area contributed by atoms with Gasteiger partial charge in [-0.2, -0.15) is 13.2 Å². The molecule has 0 N–H and O–H groups in total. The predicted molar refractivity (Wildman–Crippen MR) is 67.7 cm³/mol. The minimum absolute atomic E-state index is 0.144. The van der Waals surface area contributed by atoms with Crippen molar-refractivity contribution in [2.24, 2.45) is 0 Å². The molecule has 0 unspecified atom stereocenters. The Morgan fingerprint density at radius 1 is 1.26 bits per heavy atom. The molecule has 2 rings (SSSR count). The van der Waals surface area contributed by atoms with Gasteiger partial charge in [0.25, 0.3) is 0 Å². The van der Waals surface area contributed by atoms with Gasteiger partial charge in [-0.1, -0.05) is 25.4 Å². The second kappa shape index (κ2) is 4.89. The average molecular weight is 289 g/mol. The fraction of sp³-hybridized carbons (Fsp3) is 0.308. The molecule has 6 heteroatoms. The van der Waals surface area contributed by atoms with Crippen LogP contribution in [0.3, 0.4) is 0 Å². The van der Waals surface area contributed by atoms with Crippen LogP contribution < -0.4 is 0 Å². The van der Waals surface area contributed by atoms with Crippen LogP contribution in [-0.4, -0.2) is 9.55 Å². The third kappa shape index (κ3) is 2.92. The standard InChI is InChI=1S/C13H12ClF3N2/c1-8(2)10-5-9(14)3-4-11(10)19-6-12(18-7-19)13(15,16)17/h3-8H,1-2H3. The number of halogens is 4. The minimum Gasteiger partial charge on any atom is -0.305 e. The van der Waals surface area contributed by atoms with Crippen molar-refractivity contribution in [3.8, 4) is 5.69 Å². The Bertz CT molecular complexity index is 588. The highest BCUT2D eigenvalue weighted by Gasteiger charge is 2.33. The van der Waals surface area contributed by atoms with Crippen molar-refractivity contribution in [1.29, 1.82) is 0 Å². The molecule has 2 nitrogen and oxygen atoms in total. The highest BCUT2D eigenvalue weighted by Crippen LogP contribution is 2.30. The van der Waals surface area contributed by atoms with Crippen LogP contribution in [0.2, 0.25) is 5.02 Å². The number of benzene rings is 1. The van der Waals surface area contributed by atoms with E-state index in [2.05, 4.69) is 4.98 Å². The van der Waals surface area contributed by atoms with Crippen LogP contribution in [0.4, 0.5) is 13.2 Å². The number of rotatable bonds is 2. The molecule has 0 saturated carbocycles. The largest absolute Gasteiger partial charge is 0.434 e. The summed E-state index contributed by atoms with van der Waals surface area (Å²) in [6.07, 6.45) is -2.29. The fourth-order valence-corrected chi connectivity index (χ4v) is 2.00. The van der Waals surface area contributed by atoms with E-state index >= 15 is 0 Å². The van der Waals surface area contributed by atoms with Gasteiger partial charge in [-0.25, -0.2) is 4.98 Å². The summed E-state index contributed by atoms with van der Waals surface area (Å²) in [6.45, 7) is 3.91. The zero-order valence-corrected chi connectivity index (χ0v) is 11.1. The maximum absolute atomic E-state index is 12.5. The molecule has 1 aromatic heterocycles. The molecule has 0 aliphatic rings. The summed E-state index contributed by atoms with van der Waals surface area (Å²) in [4.78, 5) is 3.39. The summed E-state index contributed by atoms with van der Waals surface area (Å²) < 4.78 is 39.0. The lowest BCUT2D eigenvalue weighted by atomic mass is 10.0. The number of nitrogens with zero attached hydrogens (tertiary/aromatic N) is 2. The Balaban J connectivity index is 2.50. The van der Waals surface area contributed by atoms with E-state index in [0.29, 0.717) is 10.7 Å². The van der Waals surface area contributed by atoms with Crippen LogP contribution in [0, 0.1) is 0 Å². The maximum Gasteiger partial charge on any atom is 0.434 e. The SMILES string of the molecule is CC(C)c1cc(Cl)ccc1-n1cnc(C(F)(F)F)c1. The molecule has 0 atom stereocenters. The minimum atomic E-state index is -4.43. The molecule has 1 heterocycles. The second-order valence-corrected chi connectivity index (χ2v) is 4.96. The Hall–Kier alpha value is -1.49. The van der Waals surface area contributed by atoms with Gasteiger partial charge in [0.1, 0.15) is 0 Å². The first-order valence-corrected chi connectivity index (χ1v) is 6.08. The molecule has 0 aliphatic heterocycles. The van der Waals surface area contributed by atoms with Crippen molar-refractivity contribution in [3.05, 3.63) is 47.0 Å². The molecule has 0 saturated heterocycles. The van der Waals surface area contributed by atoms with Gasteiger partial charge in [-0.3, -0.25) is 0 Å². The van der Waals surface area contributed by atoms with Crippen molar-refractivity contribution in [1.82, 2.24) is 9.55 Å². The number of hydrogen-bond acceptors (Lipinski definition) is 1. The summed E-state index contributed by atoms with van der Waals surface area (Å²) in [5, 5.41) is 0.559. The lowest BCUT2D eigenvalue weighted by Crippen LogP contribution is -2.05. The maximum atomic E-state index is 12.5. The van der Waals surface area contributed by atoms with Gasteiger partial charge >= 0.3 is 6.18 Å². The zero-order chi connectivity index (χ0) is 14.2. The molecule has 19 heavy (non-hydrogen) atoms. The van der Waals surface area contributed by atoms with E-state index in [1.54, 1.807) is 18.2 Å². The van der Waals surface area contributed by atoms with Crippen LogP contribution in [0.15, 0.2) is 30.7 Å². The summed E-state index contributed by atoms with van der Waals surface area (Å²) in [6, 6.07) is 5.10. The number of aromatic nitrogens is 2. The van der Waals surface area contributed by atoms with Gasteiger partial charge in [-0.15, -0.1) is 0 Å². The smallest absolute Gasteiger partial charge is 0.305 e. The van der Waals surface area contributed by atoms with Crippen molar-refractivity contribution in [3.63, 3.8) is 0 Å². The molecule has 0 amide bonds. The van der Waals surface area contributed by atoms with Gasteiger partial charge in [0.05, 0.1) is 12.0 Å². The first kappa shape index (κ1) is 13.9. The summed E-state index contributed by atoms with van der Waals surface area (Å²) in [7, 11) is 0. The molecule has 0 fully saturated rings. The Morgan fingerprint density at radius 2 is 1.95 bits per heavy atom. The van der Waals surface area contributed by atoms with Crippen LogP contribution in [-0.2, 0) is 6.18 Å². The quantitative estimate of drug-likeness (QED) is 0.785. The normalized spacial score (nSPS) is 12.2. The highest BCUT2D eigenvalue weighted by atomic mass is 35.5. The van der Waals surface area contributed by atoms with E-state index in [1.807, 2.05) is 13.8 Å². The third-order valence-corrected chi connectivity index (χ3v) is 3.00. The van der Waals surface area contributed by atoms with Crippen molar-refractivity contribution in [2.45, 2.75) is 25.9 Å². The summed E-state index contributed by atoms with van der Waals surface area (Å²) in [5.41, 5.74) is 0.623. The number of imidazole rings is 1. The van der Waals surface area contributed by atoms with E-state index in [1.165, 1.54) is 4.57 Å². The van der Waals surface area contributed by atoms with Crippen LogP contribution >= 0.6 is 11.6 Å². The van der Waals surface area contributed by atoms with Crippen LogP contribution in [0.1, 0.15) is 31.0 Å². The van der Waals surface area contributed by atoms with E-state index in [0.717, 1.165) is 18.1 Å². The molecule has 0 radical (unpaired) electrons. The third-order valence-electron chi connectivity index (χ3n) is 2.76. The fourth-order valence-electron chi connectivity index (χ4n) is 1.82. The first-order chi connectivity index (χ1) is 8.79. The van der Waals surface area contributed by atoms with Gasteiger partial charge in [-0.05, 0) is 29.7 Å². The molecule has 2 aromatic rings. The Labute approximate surface area is 113 Å². The molecule has 102 valence electrons. The van der Waals surface area contributed by atoms with Gasteiger partial charge in [0.15, 0.2) is 5.69 Å². The topological polar surface area (TPSA) is 17.8 Å². The van der Waals surface area contributed by atoms with Crippen molar-refractivity contribution in [2.75, 3.05) is 0 Å². The highest BCUT2D eigenvalue weighted by molar-refractivity contribution is 6.30. The van der Waals surface area contributed by atoms with E-state index in [-0.39, 0.29) is 5.92 Å². The van der Waals surface area contributed by atoms with Crippen LogP contribution in [0.25, 0.3) is 5.69 Å². The first-order valence-electron chi connectivity index (χ1n) is 5.70. The Morgan fingerprint density at radius 3 is 2.47 bits per heavy atom. The van der Waals surface area contributed by atoms with Crippen molar-refractivity contribution >= 4 is 11.6 Å². The molecule has 1 aromatic carbocycles. The summed E-state index contributed by atoms with van der Waals surface area (Å²) in [5.74, 6) is 0.144. The molecular formula is C13H12ClF3N2. The number of alkyl halides is 3. The van der Waals surface area contributed by atoms with Gasteiger partial charge < -0.3 is 4.57 Å². The monoisotopic (exact) mass is 288 g/mol. The Kier molecular flexibility index (Phi) is 3.58.